The normalized spacial score (nSPS) is 35.6. The van der Waals surface area contributed by atoms with Crippen molar-refractivity contribution < 1.29 is 4.39 Å². The molecular formula is C16H21BrFN. The van der Waals surface area contributed by atoms with Gasteiger partial charge in [0.15, 0.2) is 0 Å². The third-order valence-corrected chi connectivity index (χ3v) is 6.19. The molecule has 0 radical (unpaired) electrons. The maximum atomic E-state index is 13.4. The highest BCUT2D eigenvalue weighted by molar-refractivity contribution is 9.10. The SMILES string of the molecule is CC1(C)C(Nc2cc(F)ccc2Br)[C@]2(C)CC[C@H]1C2. The topological polar surface area (TPSA) is 12.0 Å². The van der Waals surface area contributed by atoms with Crippen LogP contribution in [-0.2, 0) is 0 Å². The summed E-state index contributed by atoms with van der Waals surface area (Å²) in [5, 5.41) is 3.63. The van der Waals surface area contributed by atoms with Gasteiger partial charge in [0.05, 0.1) is 5.69 Å². The Bertz CT molecular complexity index is 509. The maximum Gasteiger partial charge on any atom is 0.125 e. The van der Waals surface area contributed by atoms with E-state index in [2.05, 4.69) is 42.0 Å². The van der Waals surface area contributed by atoms with Crippen LogP contribution in [0.5, 0.6) is 0 Å². The Morgan fingerprint density at radius 2 is 2.05 bits per heavy atom. The van der Waals surface area contributed by atoms with Gasteiger partial charge in [-0.15, -0.1) is 0 Å². The molecule has 2 aliphatic rings. The fraction of sp³-hybridized carbons (Fsp3) is 0.625. The molecule has 2 fully saturated rings. The Morgan fingerprint density at radius 1 is 1.32 bits per heavy atom. The van der Waals surface area contributed by atoms with Crippen molar-refractivity contribution in [2.24, 2.45) is 16.7 Å². The monoisotopic (exact) mass is 325 g/mol. The molecule has 1 nitrogen and oxygen atoms in total. The molecule has 2 aliphatic carbocycles. The minimum atomic E-state index is -0.184. The Balaban J connectivity index is 1.92. The van der Waals surface area contributed by atoms with Gasteiger partial charge >= 0.3 is 0 Å². The van der Waals surface area contributed by atoms with Crippen LogP contribution in [0.2, 0.25) is 0 Å². The van der Waals surface area contributed by atoms with Crippen molar-refractivity contribution in [2.45, 2.75) is 46.1 Å². The van der Waals surface area contributed by atoms with Gasteiger partial charge in [-0.3, -0.25) is 0 Å². The minimum Gasteiger partial charge on any atom is -0.380 e. The predicted octanol–water partition coefficient (Wildman–Crippen LogP) is 5.21. The van der Waals surface area contributed by atoms with Crippen LogP contribution in [0, 0.1) is 22.6 Å². The standard InChI is InChI=1S/C16H21BrFN/c1-15(2)10-6-7-16(3,9-10)14(15)19-13-8-11(18)4-5-12(13)17/h4-5,8,10,14,19H,6-7,9H2,1-3H3/t10-,14?,16+/m0/s1. The van der Waals surface area contributed by atoms with Crippen molar-refractivity contribution in [2.75, 3.05) is 5.32 Å². The number of nitrogens with one attached hydrogen (secondary N) is 1. The zero-order valence-corrected chi connectivity index (χ0v) is 13.3. The highest BCUT2D eigenvalue weighted by atomic mass is 79.9. The third-order valence-electron chi connectivity index (χ3n) is 5.50. The molecule has 0 spiro atoms. The first-order valence-corrected chi connectivity index (χ1v) is 7.84. The molecule has 3 rings (SSSR count). The number of hydrogen-bond donors (Lipinski definition) is 1. The Morgan fingerprint density at radius 3 is 2.68 bits per heavy atom. The van der Waals surface area contributed by atoms with E-state index in [1.807, 2.05) is 0 Å². The lowest BCUT2D eigenvalue weighted by molar-refractivity contribution is 0.155. The van der Waals surface area contributed by atoms with Gasteiger partial charge in [0, 0.05) is 10.5 Å². The Kier molecular flexibility index (Phi) is 2.97. The van der Waals surface area contributed by atoms with E-state index in [9.17, 15) is 4.39 Å². The first-order valence-electron chi connectivity index (χ1n) is 7.04. The second-order valence-electron chi connectivity index (χ2n) is 7.12. The van der Waals surface area contributed by atoms with E-state index in [-0.39, 0.29) is 11.2 Å². The van der Waals surface area contributed by atoms with Crippen LogP contribution in [-0.4, -0.2) is 6.04 Å². The second-order valence-corrected chi connectivity index (χ2v) is 7.97. The molecule has 2 saturated carbocycles. The summed E-state index contributed by atoms with van der Waals surface area (Å²) in [7, 11) is 0. The molecule has 0 amide bonds. The van der Waals surface area contributed by atoms with Crippen LogP contribution >= 0.6 is 15.9 Å². The van der Waals surface area contributed by atoms with Crippen molar-refractivity contribution >= 4 is 21.6 Å². The number of fused-ring (bicyclic) bond motifs is 2. The molecule has 0 heterocycles. The van der Waals surface area contributed by atoms with Crippen LogP contribution in [0.3, 0.4) is 0 Å². The molecular weight excluding hydrogens is 305 g/mol. The van der Waals surface area contributed by atoms with Crippen LogP contribution in [0.25, 0.3) is 0 Å². The first-order chi connectivity index (χ1) is 8.83. The van der Waals surface area contributed by atoms with Crippen molar-refractivity contribution in [1.29, 1.82) is 0 Å². The quantitative estimate of drug-likeness (QED) is 0.786. The number of anilines is 1. The van der Waals surface area contributed by atoms with E-state index >= 15 is 0 Å². The van der Waals surface area contributed by atoms with E-state index in [1.165, 1.54) is 25.3 Å². The summed E-state index contributed by atoms with van der Waals surface area (Å²) in [5.41, 5.74) is 1.51. The fourth-order valence-corrected chi connectivity index (χ4v) is 4.79. The number of rotatable bonds is 2. The van der Waals surface area contributed by atoms with E-state index < -0.39 is 0 Å². The summed E-state index contributed by atoms with van der Waals surface area (Å²) < 4.78 is 14.4. The summed E-state index contributed by atoms with van der Waals surface area (Å²) in [5.74, 6) is 0.610. The Hall–Kier alpha value is -0.570. The van der Waals surface area contributed by atoms with Crippen molar-refractivity contribution in [3.8, 4) is 0 Å². The fourth-order valence-electron chi connectivity index (χ4n) is 4.43. The second kappa shape index (κ2) is 4.21. The van der Waals surface area contributed by atoms with Crippen LogP contribution in [0.15, 0.2) is 22.7 Å². The van der Waals surface area contributed by atoms with Gasteiger partial charge in [0.25, 0.3) is 0 Å². The average molecular weight is 326 g/mol. The van der Waals surface area contributed by atoms with Crippen molar-refractivity contribution in [3.63, 3.8) is 0 Å². The Labute approximate surface area is 123 Å². The molecule has 1 aromatic rings. The zero-order valence-electron chi connectivity index (χ0n) is 11.8. The largest absolute Gasteiger partial charge is 0.380 e. The molecule has 0 aliphatic heterocycles. The van der Waals surface area contributed by atoms with Gasteiger partial charge in [0.2, 0.25) is 0 Å². The van der Waals surface area contributed by atoms with Gasteiger partial charge in [-0.05, 0) is 70.1 Å². The van der Waals surface area contributed by atoms with E-state index in [0.29, 0.717) is 11.5 Å². The third kappa shape index (κ3) is 2.01. The lowest BCUT2D eigenvalue weighted by Gasteiger charge is -2.43. The van der Waals surface area contributed by atoms with Crippen molar-refractivity contribution in [3.05, 3.63) is 28.5 Å². The summed E-state index contributed by atoms with van der Waals surface area (Å²) >= 11 is 3.52. The first kappa shape index (κ1) is 13.4. The van der Waals surface area contributed by atoms with Gasteiger partial charge in [-0.1, -0.05) is 20.8 Å². The van der Waals surface area contributed by atoms with Crippen LogP contribution in [0.1, 0.15) is 40.0 Å². The predicted molar refractivity (Wildman–Crippen MR) is 80.7 cm³/mol. The summed E-state index contributed by atoms with van der Waals surface area (Å²) in [6, 6.07) is 5.27. The van der Waals surface area contributed by atoms with Gasteiger partial charge in [-0.2, -0.15) is 0 Å². The van der Waals surface area contributed by atoms with Crippen LogP contribution in [0.4, 0.5) is 10.1 Å². The molecule has 3 atom stereocenters. The molecule has 1 aromatic carbocycles. The summed E-state index contributed by atoms with van der Waals surface area (Å²) in [6.45, 7) is 7.09. The van der Waals surface area contributed by atoms with E-state index in [1.54, 1.807) is 12.1 Å². The molecule has 19 heavy (non-hydrogen) atoms. The van der Waals surface area contributed by atoms with Gasteiger partial charge < -0.3 is 5.32 Å². The smallest absolute Gasteiger partial charge is 0.125 e. The highest BCUT2D eigenvalue weighted by Crippen LogP contribution is 2.63. The molecule has 2 bridgehead atoms. The van der Waals surface area contributed by atoms with Gasteiger partial charge in [0.1, 0.15) is 5.82 Å². The van der Waals surface area contributed by atoms with Gasteiger partial charge in [-0.25, -0.2) is 4.39 Å². The summed E-state index contributed by atoms with van der Waals surface area (Å²) in [6.07, 6.45) is 3.92. The van der Waals surface area contributed by atoms with E-state index in [4.69, 9.17) is 0 Å². The lowest BCUT2D eigenvalue weighted by Crippen LogP contribution is -2.45. The number of benzene rings is 1. The minimum absolute atomic E-state index is 0.184. The molecule has 104 valence electrons. The molecule has 0 aromatic heterocycles. The molecule has 0 saturated heterocycles. The van der Waals surface area contributed by atoms with E-state index in [0.717, 1.165) is 16.1 Å². The number of halogens is 2. The van der Waals surface area contributed by atoms with Crippen molar-refractivity contribution in [1.82, 2.24) is 0 Å². The lowest BCUT2D eigenvalue weighted by atomic mass is 9.68. The zero-order chi connectivity index (χ0) is 13.8. The highest BCUT2D eigenvalue weighted by Gasteiger charge is 2.59. The summed E-state index contributed by atoms with van der Waals surface area (Å²) in [4.78, 5) is 0. The van der Waals surface area contributed by atoms with Crippen LogP contribution < -0.4 is 5.32 Å². The molecule has 1 unspecified atom stereocenters. The maximum absolute atomic E-state index is 13.4. The molecule has 3 heteroatoms. The number of hydrogen-bond acceptors (Lipinski definition) is 1. The molecule has 1 N–H and O–H groups in total. The average Bonchev–Trinajstić information content (AvgIpc) is 2.80.